The van der Waals surface area contributed by atoms with Gasteiger partial charge >= 0.3 is 0 Å². The zero-order valence-corrected chi connectivity index (χ0v) is 12.0. The Kier molecular flexibility index (Phi) is 4.08. The van der Waals surface area contributed by atoms with Crippen LogP contribution in [0.5, 0.6) is 11.5 Å². The lowest BCUT2D eigenvalue weighted by molar-refractivity contribution is 0.482. The minimum atomic E-state index is 0.687. The Balaban J connectivity index is 1.82. The first-order valence-corrected chi connectivity index (χ1v) is 7.01. The van der Waals surface area contributed by atoms with Crippen LogP contribution in [-0.4, -0.2) is 0 Å². The van der Waals surface area contributed by atoms with Crippen molar-refractivity contribution < 1.29 is 4.74 Å². The van der Waals surface area contributed by atoms with E-state index in [0.717, 1.165) is 22.6 Å². The highest BCUT2D eigenvalue weighted by Gasteiger charge is 1.97. The van der Waals surface area contributed by atoms with Crippen LogP contribution in [0.1, 0.15) is 11.1 Å². The molecule has 0 saturated heterocycles. The number of nitrogen functional groups attached to an aromatic ring is 1. The third kappa shape index (κ3) is 3.47. The summed E-state index contributed by atoms with van der Waals surface area (Å²) < 4.78 is 5.80. The molecule has 22 heavy (non-hydrogen) atoms. The van der Waals surface area contributed by atoms with Crippen LogP contribution >= 0.6 is 0 Å². The van der Waals surface area contributed by atoms with Gasteiger partial charge in [0, 0.05) is 16.8 Å². The number of para-hydroxylation sites is 2. The first kappa shape index (κ1) is 13.8. The summed E-state index contributed by atoms with van der Waals surface area (Å²) in [5, 5.41) is 0. The average molecular weight is 285 g/mol. The van der Waals surface area contributed by atoms with E-state index < -0.39 is 0 Å². The molecule has 3 aromatic carbocycles. The van der Waals surface area contributed by atoms with E-state index in [1.807, 2.05) is 78.9 Å². The van der Waals surface area contributed by atoms with Crippen LogP contribution in [0.25, 0.3) is 0 Å². The van der Waals surface area contributed by atoms with Crippen molar-refractivity contribution >= 4 is 5.69 Å². The quantitative estimate of drug-likeness (QED) is 0.557. The van der Waals surface area contributed by atoms with E-state index >= 15 is 0 Å². The van der Waals surface area contributed by atoms with Crippen molar-refractivity contribution in [3.8, 4) is 23.3 Å². The highest BCUT2D eigenvalue weighted by atomic mass is 16.5. The van der Waals surface area contributed by atoms with Crippen LogP contribution in [-0.2, 0) is 0 Å². The Morgan fingerprint density at radius 1 is 0.682 bits per heavy atom. The van der Waals surface area contributed by atoms with Gasteiger partial charge in [0.2, 0.25) is 0 Å². The van der Waals surface area contributed by atoms with E-state index in [4.69, 9.17) is 10.5 Å². The Labute approximate surface area is 130 Å². The fraction of sp³-hybridized carbons (Fsp3) is 0. The lowest BCUT2D eigenvalue weighted by atomic mass is 10.1. The van der Waals surface area contributed by atoms with Gasteiger partial charge in [0.25, 0.3) is 0 Å². The van der Waals surface area contributed by atoms with E-state index in [0.29, 0.717) is 5.69 Å². The molecule has 3 rings (SSSR count). The Morgan fingerprint density at radius 2 is 1.41 bits per heavy atom. The molecule has 106 valence electrons. The fourth-order valence-electron chi connectivity index (χ4n) is 2.01. The lowest BCUT2D eigenvalue weighted by Crippen LogP contribution is -1.88. The zero-order valence-electron chi connectivity index (χ0n) is 12.0. The highest BCUT2D eigenvalue weighted by Crippen LogP contribution is 2.21. The summed E-state index contributed by atoms with van der Waals surface area (Å²) in [6, 6.07) is 25.0. The molecular formula is C20H15NO. The molecule has 0 aliphatic carbocycles. The molecule has 3 aromatic rings. The number of nitrogens with two attached hydrogens (primary N) is 1. The van der Waals surface area contributed by atoms with Gasteiger partial charge in [0.1, 0.15) is 11.5 Å². The summed E-state index contributed by atoms with van der Waals surface area (Å²) in [6.07, 6.45) is 0. The molecule has 2 heteroatoms. The SMILES string of the molecule is Nc1ccccc1C#Cc1cccc(Oc2ccccc2)c1. The number of hydrogen-bond acceptors (Lipinski definition) is 2. The Hall–Kier alpha value is -3.18. The van der Waals surface area contributed by atoms with E-state index in [2.05, 4.69) is 11.8 Å². The molecule has 0 bridgehead atoms. The zero-order chi connectivity index (χ0) is 15.2. The van der Waals surface area contributed by atoms with E-state index in [1.54, 1.807) is 0 Å². The van der Waals surface area contributed by atoms with Crippen molar-refractivity contribution in [1.29, 1.82) is 0 Å². The summed E-state index contributed by atoms with van der Waals surface area (Å²) in [6.45, 7) is 0. The molecule has 0 aliphatic heterocycles. The topological polar surface area (TPSA) is 35.2 Å². The lowest BCUT2D eigenvalue weighted by Gasteiger charge is -2.05. The van der Waals surface area contributed by atoms with Gasteiger partial charge in [-0.2, -0.15) is 0 Å². The molecule has 0 radical (unpaired) electrons. The van der Waals surface area contributed by atoms with Gasteiger partial charge in [-0.25, -0.2) is 0 Å². The molecule has 0 unspecified atom stereocenters. The van der Waals surface area contributed by atoms with E-state index in [1.165, 1.54) is 0 Å². The van der Waals surface area contributed by atoms with Crippen molar-refractivity contribution in [2.24, 2.45) is 0 Å². The second kappa shape index (κ2) is 6.51. The average Bonchev–Trinajstić information content (AvgIpc) is 2.55. The predicted octanol–water partition coefficient (Wildman–Crippen LogP) is 4.46. The summed E-state index contributed by atoms with van der Waals surface area (Å²) in [7, 11) is 0. The van der Waals surface area contributed by atoms with Crippen LogP contribution in [0.15, 0.2) is 78.9 Å². The predicted molar refractivity (Wildman–Crippen MR) is 89.8 cm³/mol. The molecule has 0 fully saturated rings. The second-order valence-electron chi connectivity index (χ2n) is 4.78. The largest absolute Gasteiger partial charge is 0.457 e. The molecule has 0 amide bonds. The number of anilines is 1. The molecule has 2 nitrogen and oxygen atoms in total. The fourth-order valence-corrected chi connectivity index (χ4v) is 2.01. The maximum absolute atomic E-state index is 5.89. The molecule has 2 N–H and O–H groups in total. The number of ether oxygens (including phenoxy) is 1. The summed E-state index contributed by atoms with van der Waals surface area (Å²) in [4.78, 5) is 0. The minimum Gasteiger partial charge on any atom is -0.457 e. The number of benzene rings is 3. The highest BCUT2D eigenvalue weighted by molar-refractivity contribution is 5.57. The third-order valence-corrected chi connectivity index (χ3v) is 3.12. The molecule has 0 spiro atoms. The van der Waals surface area contributed by atoms with Crippen molar-refractivity contribution in [2.75, 3.05) is 5.73 Å². The summed E-state index contributed by atoms with van der Waals surface area (Å²) in [5.74, 6) is 7.78. The Bertz CT molecular complexity index is 829. The first-order chi connectivity index (χ1) is 10.8. The van der Waals surface area contributed by atoms with Gasteiger partial charge in [0.15, 0.2) is 0 Å². The smallest absolute Gasteiger partial charge is 0.128 e. The van der Waals surface area contributed by atoms with E-state index in [-0.39, 0.29) is 0 Å². The van der Waals surface area contributed by atoms with Crippen LogP contribution in [0, 0.1) is 11.8 Å². The first-order valence-electron chi connectivity index (χ1n) is 7.01. The van der Waals surface area contributed by atoms with Gasteiger partial charge < -0.3 is 10.5 Å². The van der Waals surface area contributed by atoms with Crippen molar-refractivity contribution in [2.45, 2.75) is 0 Å². The molecule has 0 aliphatic rings. The van der Waals surface area contributed by atoms with Gasteiger partial charge in [-0.15, -0.1) is 0 Å². The molecule has 0 aromatic heterocycles. The van der Waals surface area contributed by atoms with Gasteiger partial charge in [-0.05, 0) is 42.5 Å². The molecule has 0 heterocycles. The maximum atomic E-state index is 5.89. The standard InChI is InChI=1S/C20H15NO/c21-20-12-5-4-8-17(20)14-13-16-7-6-11-19(15-16)22-18-9-2-1-3-10-18/h1-12,15H,21H2. The van der Waals surface area contributed by atoms with Crippen molar-refractivity contribution in [1.82, 2.24) is 0 Å². The van der Waals surface area contributed by atoms with Crippen molar-refractivity contribution in [3.63, 3.8) is 0 Å². The maximum Gasteiger partial charge on any atom is 0.128 e. The summed E-state index contributed by atoms with van der Waals surface area (Å²) in [5.41, 5.74) is 8.29. The Morgan fingerprint density at radius 3 is 2.23 bits per heavy atom. The van der Waals surface area contributed by atoms with Crippen molar-refractivity contribution in [3.05, 3.63) is 90.0 Å². The van der Waals surface area contributed by atoms with E-state index in [9.17, 15) is 0 Å². The minimum absolute atomic E-state index is 0.687. The number of rotatable bonds is 2. The van der Waals surface area contributed by atoms with Gasteiger partial charge in [0.05, 0.1) is 0 Å². The summed E-state index contributed by atoms with van der Waals surface area (Å²) >= 11 is 0. The monoisotopic (exact) mass is 285 g/mol. The second-order valence-corrected chi connectivity index (χ2v) is 4.78. The van der Waals surface area contributed by atoms with Gasteiger partial charge in [-0.1, -0.05) is 48.2 Å². The van der Waals surface area contributed by atoms with Gasteiger partial charge in [-0.3, -0.25) is 0 Å². The molecular weight excluding hydrogens is 270 g/mol. The molecule has 0 saturated carbocycles. The normalized spacial score (nSPS) is 9.64. The van der Waals surface area contributed by atoms with Crippen LogP contribution < -0.4 is 10.5 Å². The van der Waals surface area contributed by atoms with Crippen LogP contribution in [0.3, 0.4) is 0 Å². The van der Waals surface area contributed by atoms with Crippen LogP contribution in [0.4, 0.5) is 5.69 Å². The third-order valence-electron chi connectivity index (χ3n) is 3.12. The molecule has 0 atom stereocenters. The number of hydrogen-bond donors (Lipinski definition) is 1. The van der Waals surface area contributed by atoms with Crippen LogP contribution in [0.2, 0.25) is 0 Å².